The smallest absolute Gasteiger partial charge is 0.243 e. The lowest BCUT2D eigenvalue weighted by molar-refractivity contribution is 0.0948. The van der Waals surface area contributed by atoms with E-state index in [-0.39, 0.29) is 0 Å². The van der Waals surface area contributed by atoms with Gasteiger partial charge in [-0.2, -0.15) is 4.31 Å². The molecule has 2 aliphatic rings. The standard InChI is InChI=1S/C19H29BrN2O2S/c1-2-3-16-8-12-21(13-9-16)18-10-14-22(15-11-18)25(23,24)19-6-4-17(20)5-7-19/h4-7,16,18H,2-3,8-15H2,1H3. The van der Waals surface area contributed by atoms with Gasteiger partial charge in [-0.25, -0.2) is 8.42 Å². The van der Waals surface area contributed by atoms with E-state index in [2.05, 4.69) is 27.8 Å². The molecule has 2 heterocycles. The highest BCUT2D eigenvalue weighted by atomic mass is 79.9. The first kappa shape index (κ1) is 19.3. The number of hydrogen-bond donors (Lipinski definition) is 0. The van der Waals surface area contributed by atoms with E-state index in [4.69, 9.17) is 0 Å². The van der Waals surface area contributed by atoms with Crippen molar-refractivity contribution in [2.24, 2.45) is 5.92 Å². The van der Waals surface area contributed by atoms with Crippen molar-refractivity contribution in [1.82, 2.24) is 9.21 Å². The maximum Gasteiger partial charge on any atom is 0.243 e. The molecule has 0 radical (unpaired) electrons. The van der Waals surface area contributed by atoms with Crippen LogP contribution in [0, 0.1) is 5.92 Å². The largest absolute Gasteiger partial charge is 0.300 e. The lowest BCUT2D eigenvalue weighted by Gasteiger charge is -2.41. The Bertz CT molecular complexity index is 647. The monoisotopic (exact) mass is 428 g/mol. The van der Waals surface area contributed by atoms with E-state index >= 15 is 0 Å². The van der Waals surface area contributed by atoms with Crippen LogP contribution in [0.15, 0.2) is 33.6 Å². The van der Waals surface area contributed by atoms with E-state index in [1.54, 1.807) is 28.6 Å². The van der Waals surface area contributed by atoms with Crippen molar-refractivity contribution in [2.45, 2.75) is 56.4 Å². The van der Waals surface area contributed by atoms with Gasteiger partial charge >= 0.3 is 0 Å². The summed E-state index contributed by atoms with van der Waals surface area (Å²) in [6, 6.07) is 7.51. The van der Waals surface area contributed by atoms with Crippen molar-refractivity contribution < 1.29 is 8.42 Å². The molecule has 3 rings (SSSR count). The lowest BCUT2D eigenvalue weighted by Crippen LogP contribution is -2.48. The van der Waals surface area contributed by atoms with Crippen LogP contribution in [0.25, 0.3) is 0 Å². The van der Waals surface area contributed by atoms with Crippen molar-refractivity contribution in [1.29, 1.82) is 0 Å². The van der Waals surface area contributed by atoms with Crippen molar-refractivity contribution in [3.63, 3.8) is 0 Å². The third-order valence-electron chi connectivity index (χ3n) is 5.74. The van der Waals surface area contributed by atoms with Crippen LogP contribution in [0.4, 0.5) is 0 Å². The highest BCUT2D eigenvalue weighted by Crippen LogP contribution is 2.28. The third-order valence-corrected chi connectivity index (χ3v) is 8.18. The molecule has 0 atom stereocenters. The summed E-state index contributed by atoms with van der Waals surface area (Å²) in [6.07, 6.45) is 7.17. The molecule has 0 amide bonds. The van der Waals surface area contributed by atoms with Crippen LogP contribution in [-0.4, -0.2) is 49.8 Å². The normalized spacial score (nSPS) is 22.3. The van der Waals surface area contributed by atoms with Crippen LogP contribution in [0.2, 0.25) is 0 Å². The maximum absolute atomic E-state index is 12.8. The average Bonchev–Trinajstić information content (AvgIpc) is 2.63. The number of hydrogen-bond acceptors (Lipinski definition) is 3. The van der Waals surface area contributed by atoms with Crippen LogP contribution < -0.4 is 0 Å². The van der Waals surface area contributed by atoms with E-state index in [1.807, 2.05) is 0 Å². The molecule has 6 heteroatoms. The first-order valence-electron chi connectivity index (χ1n) is 9.50. The van der Waals surface area contributed by atoms with E-state index in [0.717, 1.165) is 23.2 Å². The molecule has 1 aromatic rings. The molecule has 1 aromatic carbocycles. The predicted molar refractivity (Wildman–Crippen MR) is 105 cm³/mol. The first-order chi connectivity index (χ1) is 12.0. The molecule has 4 nitrogen and oxygen atoms in total. The fourth-order valence-electron chi connectivity index (χ4n) is 4.22. The van der Waals surface area contributed by atoms with Crippen molar-refractivity contribution in [3.05, 3.63) is 28.7 Å². The van der Waals surface area contributed by atoms with Gasteiger partial charge in [-0.1, -0.05) is 35.7 Å². The Kier molecular flexibility index (Phi) is 6.58. The van der Waals surface area contributed by atoms with Gasteiger partial charge in [0.05, 0.1) is 4.90 Å². The van der Waals surface area contributed by atoms with Crippen molar-refractivity contribution >= 4 is 26.0 Å². The Hall–Kier alpha value is -0.430. The molecule has 2 fully saturated rings. The molecule has 0 aliphatic carbocycles. The summed E-state index contributed by atoms with van der Waals surface area (Å²) in [6.45, 7) is 5.92. The van der Waals surface area contributed by atoms with Gasteiger partial charge in [0.15, 0.2) is 0 Å². The van der Waals surface area contributed by atoms with Crippen molar-refractivity contribution in [2.75, 3.05) is 26.2 Å². The van der Waals surface area contributed by atoms with E-state index in [0.29, 0.717) is 24.0 Å². The number of rotatable bonds is 5. The fourth-order valence-corrected chi connectivity index (χ4v) is 5.95. The van der Waals surface area contributed by atoms with Gasteiger partial charge in [-0.05, 0) is 69.0 Å². The zero-order chi connectivity index (χ0) is 17.9. The molecule has 0 bridgehead atoms. The predicted octanol–water partition coefficient (Wildman–Crippen LogP) is 4.11. The Labute approximate surface area is 160 Å². The van der Waals surface area contributed by atoms with Crippen LogP contribution in [0.5, 0.6) is 0 Å². The lowest BCUT2D eigenvalue weighted by atomic mass is 9.90. The van der Waals surface area contributed by atoms with Gasteiger partial charge in [0.2, 0.25) is 10.0 Å². The summed E-state index contributed by atoms with van der Waals surface area (Å²) < 4.78 is 28.1. The second-order valence-corrected chi connectivity index (χ2v) is 10.2. The maximum atomic E-state index is 12.8. The summed E-state index contributed by atoms with van der Waals surface area (Å²) in [5, 5.41) is 0. The van der Waals surface area contributed by atoms with Crippen LogP contribution >= 0.6 is 15.9 Å². The molecule has 0 spiro atoms. The highest BCUT2D eigenvalue weighted by Gasteiger charge is 2.32. The average molecular weight is 429 g/mol. The van der Waals surface area contributed by atoms with Gasteiger partial charge in [0, 0.05) is 23.6 Å². The summed E-state index contributed by atoms with van der Waals surface area (Å²) in [4.78, 5) is 3.00. The zero-order valence-corrected chi connectivity index (χ0v) is 17.4. The number of piperidine rings is 2. The number of benzene rings is 1. The van der Waals surface area contributed by atoms with E-state index in [9.17, 15) is 8.42 Å². The molecular formula is C19H29BrN2O2S. The zero-order valence-electron chi connectivity index (χ0n) is 15.0. The second kappa shape index (κ2) is 8.51. The Morgan fingerprint density at radius 2 is 1.60 bits per heavy atom. The highest BCUT2D eigenvalue weighted by molar-refractivity contribution is 9.10. The van der Waals surface area contributed by atoms with Crippen molar-refractivity contribution in [3.8, 4) is 0 Å². The topological polar surface area (TPSA) is 40.6 Å². The van der Waals surface area contributed by atoms with Gasteiger partial charge in [0.25, 0.3) is 0 Å². The SMILES string of the molecule is CCCC1CCN(C2CCN(S(=O)(=O)c3ccc(Br)cc3)CC2)CC1. The summed E-state index contributed by atoms with van der Waals surface area (Å²) in [5.74, 6) is 0.902. The van der Waals surface area contributed by atoms with Gasteiger partial charge in [-0.3, -0.25) is 0 Å². The molecule has 2 aliphatic heterocycles. The Balaban J connectivity index is 1.54. The number of sulfonamides is 1. The molecule has 25 heavy (non-hydrogen) atoms. The van der Waals surface area contributed by atoms with Crippen LogP contribution in [-0.2, 0) is 10.0 Å². The quantitative estimate of drug-likeness (QED) is 0.707. The van der Waals surface area contributed by atoms with E-state index < -0.39 is 10.0 Å². The molecule has 0 N–H and O–H groups in total. The molecule has 140 valence electrons. The van der Waals surface area contributed by atoms with Gasteiger partial charge < -0.3 is 4.90 Å². The second-order valence-electron chi connectivity index (χ2n) is 7.36. The minimum Gasteiger partial charge on any atom is -0.300 e. The minimum atomic E-state index is -3.36. The number of halogens is 1. The number of likely N-dealkylation sites (tertiary alicyclic amines) is 1. The fraction of sp³-hybridized carbons (Fsp3) is 0.684. The summed E-state index contributed by atoms with van der Waals surface area (Å²) in [5.41, 5.74) is 0. The molecule has 0 saturated carbocycles. The van der Waals surface area contributed by atoms with Crippen LogP contribution in [0.1, 0.15) is 45.4 Å². The van der Waals surface area contributed by atoms with E-state index in [1.165, 1.54) is 38.8 Å². The minimum absolute atomic E-state index is 0.398. The third kappa shape index (κ3) is 4.65. The summed E-state index contributed by atoms with van der Waals surface area (Å²) >= 11 is 3.36. The Morgan fingerprint density at radius 3 is 2.16 bits per heavy atom. The number of nitrogens with zero attached hydrogens (tertiary/aromatic N) is 2. The Morgan fingerprint density at radius 1 is 1.00 bits per heavy atom. The van der Waals surface area contributed by atoms with Gasteiger partial charge in [0.1, 0.15) is 0 Å². The molecule has 2 saturated heterocycles. The van der Waals surface area contributed by atoms with Gasteiger partial charge in [-0.15, -0.1) is 0 Å². The first-order valence-corrected chi connectivity index (χ1v) is 11.7. The molecular weight excluding hydrogens is 400 g/mol. The molecule has 0 aromatic heterocycles. The van der Waals surface area contributed by atoms with Crippen LogP contribution in [0.3, 0.4) is 0 Å². The molecule has 0 unspecified atom stereocenters. The summed E-state index contributed by atoms with van der Waals surface area (Å²) in [7, 11) is -3.36.